The number of nitrogens with zero attached hydrogens (tertiary/aromatic N) is 1. The molecule has 0 amide bonds. The Morgan fingerprint density at radius 2 is 1.74 bits per heavy atom. The molecule has 0 aliphatic carbocycles. The fourth-order valence-corrected chi connectivity index (χ4v) is 2.30. The molecule has 0 saturated carbocycles. The van der Waals surface area contributed by atoms with Gasteiger partial charge in [0.15, 0.2) is 0 Å². The molecule has 0 radical (unpaired) electrons. The van der Waals surface area contributed by atoms with Gasteiger partial charge < -0.3 is 4.98 Å². The Morgan fingerprint density at radius 1 is 0.947 bits per heavy atom. The molecule has 0 spiro atoms. The highest BCUT2D eigenvalue weighted by Crippen LogP contribution is 2.24. The van der Waals surface area contributed by atoms with Gasteiger partial charge in [0.2, 0.25) is 0 Å². The summed E-state index contributed by atoms with van der Waals surface area (Å²) in [6.07, 6.45) is 1.96. The Bertz CT molecular complexity index is 696. The lowest BCUT2D eigenvalue weighted by atomic mass is 10.1. The first kappa shape index (κ1) is 11.7. The van der Waals surface area contributed by atoms with Gasteiger partial charge in [0.05, 0.1) is 5.69 Å². The van der Waals surface area contributed by atoms with Gasteiger partial charge in [0.1, 0.15) is 5.82 Å². The first-order valence-electron chi connectivity index (χ1n) is 6.42. The highest BCUT2D eigenvalue weighted by molar-refractivity contribution is 5.66. The van der Waals surface area contributed by atoms with E-state index in [9.17, 15) is 0 Å². The standard InChI is InChI=1S/C17H16N2/c1-12-8-9-15(13(2)10-12)17-18-11-16(19-17)14-6-4-3-5-7-14/h3-11H,1-2H3,(H,18,19). The van der Waals surface area contributed by atoms with Crippen molar-refractivity contribution < 1.29 is 0 Å². The summed E-state index contributed by atoms with van der Waals surface area (Å²) in [7, 11) is 0. The van der Waals surface area contributed by atoms with Gasteiger partial charge in [-0.3, -0.25) is 0 Å². The van der Waals surface area contributed by atoms with Crippen LogP contribution in [0.1, 0.15) is 11.1 Å². The van der Waals surface area contributed by atoms with Crippen molar-refractivity contribution in [3.8, 4) is 22.6 Å². The lowest BCUT2D eigenvalue weighted by molar-refractivity contribution is 1.27. The van der Waals surface area contributed by atoms with Crippen LogP contribution in [-0.4, -0.2) is 9.97 Å². The molecule has 0 aliphatic rings. The topological polar surface area (TPSA) is 28.7 Å². The maximum Gasteiger partial charge on any atom is 0.138 e. The van der Waals surface area contributed by atoms with Gasteiger partial charge in [-0.1, -0.05) is 54.1 Å². The molecule has 19 heavy (non-hydrogen) atoms. The summed E-state index contributed by atoms with van der Waals surface area (Å²) in [6.45, 7) is 4.22. The smallest absolute Gasteiger partial charge is 0.138 e. The van der Waals surface area contributed by atoms with E-state index in [1.54, 1.807) is 0 Å². The molecular weight excluding hydrogens is 232 g/mol. The van der Waals surface area contributed by atoms with E-state index in [0.29, 0.717) is 0 Å². The minimum Gasteiger partial charge on any atom is -0.344 e. The number of H-pyrrole nitrogens is 1. The summed E-state index contributed by atoms with van der Waals surface area (Å²) >= 11 is 0. The van der Waals surface area contributed by atoms with Crippen molar-refractivity contribution >= 4 is 0 Å². The molecule has 0 fully saturated rings. The van der Waals surface area contributed by atoms with Crippen molar-refractivity contribution in [1.29, 1.82) is 0 Å². The van der Waals surface area contributed by atoms with E-state index in [1.807, 2.05) is 24.4 Å². The van der Waals surface area contributed by atoms with E-state index in [0.717, 1.165) is 22.6 Å². The van der Waals surface area contributed by atoms with Gasteiger partial charge in [0.25, 0.3) is 0 Å². The van der Waals surface area contributed by atoms with Gasteiger partial charge in [-0.25, -0.2) is 4.98 Å². The van der Waals surface area contributed by atoms with Crippen molar-refractivity contribution in [3.63, 3.8) is 0 Å². The van der Waals surface area contributed by atoms with Crippen molar-refractivity contribution in [2.75, 3.05) is 0 Å². The fourth-order valence-electron chi connectivity index (χ4n) is 2.30. The van der Waals surface area contributed by atoms with Gasteiger partial charge in [-0.2, -0.15) is 0 Å². The predicted octanol–water partition coefficient (Wildman–Crippen LogP) is 4.36. The Balaban J connectivity index is 2.02. The number of aromatic nitrogens is 2. The lowest BCUT2D eigenvalue weighted by Gasteiger charge is -2.03. The van der Waals surface area contributed by atoms with Crippen LogP contribution in [0.2, 0.25) is 0 Å². The third-order valence-electron chi connectivity index (χ3n) is 3.28. The average Bonchev–Trinajstić information content (AvgIpc) is 2.89. The molecule has 0 aliphatic heterocycles. The van der Waals surface area contributed by atoms with Crippen molar-refractivity contribution in [2.24, 2.45) is 0 Å². The second-order valence-corrected chi connectivity index (χ2v) is 4.82. The molecule has 1 aromatic heterocycles. The lowest BCUT2D eigenvalue weighted by Crippen LogP contribution is -1.86. The molecule has 3 aromatic rings. The Morgan fingerprint density at radius 3 is 2.47 bits per heavy atom. The number of rotatable bonds is 2. The van der Waals surface area contributed by atoms with Crippen LogP contribution in [0, 0.1) is 13.8 Å². The van der Waals surface area contributed by atoms with Crippen molar-refractivity contribution in [2.45, 2.75) is 13.8 Å². The normalized spacial score (nSPS) is 10.6. The number of hydrogen-bond donors (Lipinski definition) is 1. The zero-order chi connectivity index (χ0) is 13.2. The summed E-state index contributed by atoms with van der Waals surface area (Å²) in [6, 6.07) is 16.6. The van der Waals surface area contributed by atoms with Crippen LogP contribution in [0.15, 0.2) is 54.7 Å². The third kappa shape index (κ3) is 2.29. The number of hydrogen-bond acceptors (Lipinski definition) is 1. The van der Waals surface area contributed by atoms with Gasteiger partial charge in [-0.05, 0) is 19.4 Å². The molecule has 1 heterocycles. The minimum atomic E-state index is 0.927. The summed E-state index contributed by atoms with van der Waals surface area (Å²) in [4.78, 5) is 7.96. The molecule has 0 bridgehead atoms. The number of aromatic amines is 1. The molecular formula is C17H16N2. The zero-order valence-electron chi connectivity index (χ0n) is 11.1. The molecule has 2 aromatic carbocycles. The zero-order valence-corrected chi connectivity index (χ0v) is 11.1. The van der Waals surface area contributed by atoms with Gasteiger partial charge in [-0.15, -0.1) is 0 Å². The van der Waals surface area contributed by atoms with Crippen LogP contribution < -0.4 is 0 Å². The van der Waals surface area contributed by atoms with Crippen LogP contribution in [0.5, 0.6) is 0 Å². The van der Waals surface area contributed by atoms with Gasteiger partial charge >= 0.3 is 0 Å². The van der Waals surface area contributed by atoms with E-state index in [4.69, 9.17) is 0 Å². The highest BCUT2D eigenvalue weighted by Gasteiger charge is 2.07. The van der Waals surface area contributed by atoms with Crippen molar-refractivity contribution in [3.05, 3.63) is 65.9 Å². The molecule has 0 saturated heterocycles. The monoisotopic (exact) mass is 248 g/mol. The maximum atomic E-state index is 4.69. The molecule has 3 rings (SSSR count). The predicted molar refractivity (Wildman–Crippen MR) is 78.9 cm³/mol. The Kier molecular flexibility index (Phi) is 2.92. The highest BCUT2D eigenvalue weighted by atomic mass is 14.9. The van der Waals surface area contributed by atoms with Crippen LogP contribution in [-0.2, 0) is 0 Å². The number of imidazole rings is 1. The van der Waals surface area contributed by atoms with Crippen LogP contribution in [0.3, 0.4) is 0 Å². The van der Waals surface area contributed by atoms with Crippen LogP contribution in [0.4, 0.5) is 0 Å². The largest absolute Gasteiger partial charge is 0.344 e. The van der Waals surface area contributed by atoms with Crippen LogP contribution >= 0.6 is 0 Å². The van der Waals surface area contributed by atoms with E-state index < -0.39 is 0 Å². The SMILES string of the molecule is Cc1ccc(-c2nc(-c3ccccc3)c[nH]2)c(C)c1. The minimum absolute atomic E-state index is 0.927. The maximum absolute atomic E-state index is 4.69. The molecule has 94 valence electrons. The molecule has 2 heteroatoms. The van der Waals surface area contributed by atoms with E-state index in [2.05, 4.69) is 54.1 Å². The number of benzene rings is 2. The summed E-state index contributed by atoms with van der Waals surface area (Å²) in [5.41, 5.74) is 5.79. The quantitative estimate of drug-likeness (QED) is 0.717. The summed E-state index contributed by atoms with van der Waals surface area (Å²) in [5, 5.41) is 0. The third-order valence-corrected chi connectivity index (χ3v) is 3.28. The second kappa shape index (κ2) is 4.73. The fraction of sp³-hybridized carbons (Fsp3) is 0.118. The molecule has 2 nitrogen and oxygen atoms in total. The molecule has 1 N–H and O–H groups in total. The first-order valence-corrected chi connectivity index (χ1v) is 6.42. The van der Waals surface area contributed by atoms with Crippen LogP contribution in [0.25, 0.3) is 22.6 Å². The Hall–Kier alpha value is -2.35. The summed E-state index contributed by atoms with van der Waals surface area (Å²) in [5.74, 6) is 0.927. The Labute approximate surface area is 113 Å². The molecule has 0 unspecified atom stereocenters. The summed E-state index contributed by atoms with van der Waals surface area (Å²) < 4.78 is 0. The number of nitrogens with one attached hydrogen (secondary N) is 1. The van der Waals surface area contributed by atoms with Gasteiger partial charge in [0, 0.05) is 17.3 Å². The molecule has 0 atom stereocenters. The average molecular weight is 248 g/mol. The number of aryl methyl sites for hydroxylation is 2. The van der Waals surface area contributed by atoms with E-state index >= 15 is 0 Å². The first-order chi connectivity index (χ1) is 9.24. The van der Waals surface area contributed by atoms with E-state index in [-0.39, 0.29) is 0 Å². The van der Waals surface area contributed by atoms with Crippen molar-refractivity contribution in [1.82, 2.24) is 9.97 Å². The second-order valence-electron chi connectivity index (χ2n) is 4.82. The van der Waals surface area contributed by atoms with E-state index in [1.165, 1.54) is 11.1 Å².